The average molecular weight is 459 g/mol. The summed E-state index contributed by atoms with van der Waals surface area (Å²) in [5, 5.41) is 2.99. The summed E-state index contributed by atoms with van der Waals surface area (Å²) in [5.41, 5.74) is 3.19. The zero-order valence-corrected chi connectivity index (χ0v) is 19.2. The Bertz CT molecular complexity index is 1390. The molecule has 1 fully saturated rings. The molecule has 9 nitrogen and oxygen atoms in total. The second-order valence-corrected chi connectivity index (χ2v) is 8.42. The molecular weight excluding hydrogens is 432 g/mol. The van der Waals surface area contributed by atoms with Gasteiger partial charge in [-0.15, -0.1) is 0 Å². The molecule has 5 rings (SSSR count). The highest BCUT2D eigenvalue weighted by molar-refractivity contribution is 6.06. The number of fused-ring (bicyclic) bond motifs is 1. The molecule has 1 aliphatic heterocycles. The molecule has 1 N–H and O–H groups in total. The van der Waals surface area contributed by atoms with Crippen LogP contribution in [0.1, 0.15) is 29.8 Å². The zero-order valence-electron chi connectivity index (χ0n) is 19.2. The van der Waals surface area contributed by atoms with Crippen LogP contribution in [-0.2, 0) is 14.1 Å². The number of anilines is 2. The van der Waals surface area contributed by atoms with Gasteiger partial charge < -0.3 is 15.0 Å². The Balaban J connectivity index is 1.44. The molecule has 0 spiro atoms. The van der Waals surface area contributed by atoms with Gasteiger partial charge in [-0.05, 0) is 43.5 Å². The lowest BCUT2D eigenvalue weighted by Gasteiger charge is -2.30. The molecule has 0 radical (unpaired) electrons. The predicted octanol–water partition coefficient (Wildman–Crippen LogP) is 3.70. The van der Waals surface area contributed by atoms with E-state index in [0.717, 1.165) is 42.7 Å². The Morgan fingerprint density at radius 2 is 1.65 bits per heavy atom. The van der Waals surface area contributed by atoms with E-state index >= 15 is 0 Å². The molecule has 1 saturated heterocycles. The van der Waals surface area contributed by atoms with E-state index in [-0.39, 0.29) is 17.3 Å². The molecule has 2 aromatic carbocycles. The van der Waals surface area contributed by atoms with Crippen molar-refractivity contribution in [2.75, 3.05) is 23.3 Å². The Morgan fingerprint density at radius 3 is 2.32 bits per heavy atom. The minimum absolute atomic E-state index is 0.108. The lowest BCUT2D eigenvalue weighted by atomic mass is 10.1. The summed E-state index contributed by atoms with van der Waals surface area (Å²) in [7, 11) is 3.49. The summed E-state index contributed by atoms with van der Waals surface area (Å²) in [5.74, 6) is 0.566. The first kappa shape index (κ1) is 21.7. The van der Waals surface area contributed by atoms with Gasteiger partial charge in [0.1, 0.15) is 11.4 Å². The third kappa shape index (κ3) is 4.12. The number of carbonyl (C=O) groups is 1. The molecule has 0 atom stereocenters. The predicted molar refractivity (Wildman–Crippen MR) is 131 cm³/mol. The van der Waals surface area contributed by atoms with Crippen LogP contribution in [0.25, 0.3) is 11.0 Å². The number of piperidine rings is 1. The number of ether oxygens (including phenoxy) is 1. The van der Waals surface area contributed by atoms with Gasteiger partial charge in [0.25, 0.3) is 5.91 Å². The number of hydrogen-bond donors (Lipinski definition) is 1. The maximum Gasteiger partial charge on any atom is 0.328 e. The van der Waals surface area contributed by atoms with Crippen molar-refractivity contribution in [2.24, 2.45) is 14.1 Å². The van der Waals surface area contributed by atoms with Gasteiger partial charge in [0.15, 0.2) is 0 Å². The Hall–Kier alpha value is -4.14. The van der Waals surface area contributed by atoms with Gasteiger partial charge in [-0.1, -0.05) is 18.2 Å². The molecule has 174 valence electrons. The van der Waals surface area contributed by atoms with Crippen molar-refractivity contribution in [3.8, 4) is 11.6 Å². The summed E-state index contributed by atoms with van der Waals surface area (Å²) in [6, 6.07) is 13.1. The molecule has 0 aliphatic carbocycles. The SMILES string of the molecule is Cn1c(=O)n(C)c2cc(N3CCCCC3)c(NC(=O)c3cnc(Oc4ccccc4)cn3)cc21. The first-order chi connectivity index (χ1) is 16.5. The van der Waals surface area contributed by atoms with Gasteiger partial charge in [0.2, 0.25) is 5.88 Å². The average Bonchev–Trinajstić information content (AvgIpc) is 3.08. The van der Waals surface area contributed by atoms with Crippen LogP contribution in [0.15, 0.2) is 59.7 Å². The summed E-state index contributed by atoms with van der Waals surface area (Å²) in [6.45, 7) is 1.81. The number of nitrogens with zero attached hydrogens (tertiary/aromatic N) is 5. The lowest BCUT2D eigenvalue weighted by molar-refractivity contribution is 0.102. The number of nitrogens with one attached hydrogen (secondary N) is 1. The highest BCUT2D eigenvalue weighted by Gasteiger charge is 2.21. The quantitative estimate of drug-likeness (QED) is 0.490. The first-order valence-electron chi connectivity index (χ1n) is 11.3. The van der Waals surface area contributed by atoms with E-state index in [0.29, 0.717) is 17.3 Å². The lowest BCUT2D eigenvalue weighted by Crippen LogP contribution is -2.30. The summed E-state index contributed by atoms with van der Waals surface area (Å²) < 4.78 is 8.87. The number of aryl methyl sites for hydroxylation is 2. The largest absolute Gasteiger partial charge is 0.438 e. The van der Waals surface area contributed by atoms with Crippen LogP contribution in [-0.4, -0.2) is 38.1 Å². The monoisotopic (exact) mass is 458 g/mol. The van der Waals surface area contributed by atoms with Crippen molar-refractivity contribution in [1.29, 1.82) is 0 Å². The zero-order chi connectivity index (χ0) is 23.7. The molecule has 1 aliphatic rings. The molecule has 1 amide bonds. The van der Waals surface area contributed by atoms with Crippen molar-refractivity contribution >= 4 is 28.3 Å². The number of aromatic nitrogens is 4. The minimum atomic E-state index is -0.377. The third-order valence-electron chi connectivity index (χ3n) is 6.16. The second kappa shape index (κ2) is 9.01. The molecule has 0 unspecified atom stereocenters. The van der Waals surface area contributed by atoms with E-state index in [1.54, 1.807) is 23.2 Å². The smallest absolute Gasteiger partial charge is 0.328 e. The Morgan fingerprint density at radius 1 is 0.941 bits per heavy atom. The fourth-order valence-corrected chi connectivity index (χ4v) is 4.31. The van der Waals surface area contributed by atoms with Gasteiger partial charge >= 0.3 is 5.69 Å². The van der Waals surface area contributed by atoms with Crippen LogP contribution >= 0.6 is 0 Å². The number of carbonyl (C=O) groups excluding carboxylic acids is 1. The molecule has 4 aromatic rings. The number of para-hydroxylation sites is 1. The highest BCUT2D eigenvalue weighted by Crippen LogP contribution is 2.33. The fourth-order valence-electron chi connectivity index (χ4n) is 4.31. The van der Waals surface area contributed by atoms with Crippen molar-refractivity contribution in [3.05, 3.63) is 71.0 Å². The van der Waals surface area contributed by atoms with Crippen molar-refractivity contribution < 1.29 is 9.53 Å². The van der Waals surface area contributed by atoms with Crippen LogP contribution < -0.4 is 20.6 Å². The summed E-state index contributed by atoms with van der Waals surface area (Å²) in [6.07, 6.45) is 6.20. The number of imidazole rings is 1. The maximum absolute atomic E-state index is 13.1. The molecule has 0 saturated carbocycles. The first-order valence-corrected chi connectivity index (χ1v) is 11.3. The normalized spacial score (nSPS) is 13.8. The van der Waals surface area contributed by atoms with Crippen LogP contribution in [0.4, 0.5) is 11.4 Å². The standard InChI is InChI=1S/C25H26N6O3/c1-29-21-13-18(20(31-11-7-4-8-12-31)14-22(21)30(2)25(29)33)28-24(32)19-15-27-23(16-26-19)34-17-9-5-3-6-10-17/h3,5-6,9-10,13-16H,4,7-8,11-12H2,1-2H3,(H,28,32). The number of hydrogen-bond acceptors (Lipinski definition) is 6. The molecular formula is C25H26N6O3. The van der Waals surface area contributed by atoms with Crippen molar-refractivity contribution in [1.82, 2.24) is 19.1 Å². The Labute approximate surface area is 196 Å². The highest BCUT2D eigenvalue weighted by atomic mass is 16.5. The van der Waals surface area contributed by atoms with Crippen LogP contribution in [0.3, 0.4) is 0 Å². The fraction of sp³-hybridized carbons (Fsp3) is 0.280. The van der Waals surface area contributed by atoms with E-state index in [1.165, 1.54) is 18.8 Å². The third-order valence-corrected chi connectivity index (χ3v) is 6.16. The number of benzene rings is 2. The van der Waals surface area contributed by atoms with Gasteiger partial charge in [0.05, 0.1) is 34.8 Å². The van der Waals surface area contributed by atoms with Crippen LogP contribution in [0.5, 0.6) is 11.6 Å². The molecule has 34 heavy (non-hydrogen) atoms. The van der Waals surface area contributed by atoms with E-state index in [4.69, 9.17) is 4.74 Å². The second-order valence-electron chi connectivity index (χ2n) is 8.42. The number of rotatable bonds is 5. The van der Waals surface area contributed by atoms with E-state index < -0.39 is 0 Å². The van der Waals surface area contributed by atoms with E-state index in [1.807, 2.05) is 42.5 Å². The van der Waals surface area contributed by atoms with Crippen molar-refractivity contribution in [3.63, 3.8) is 0 Å². The van der Waals surface area contributed by atoms with Gasteiger partial charge in [0, 0.05) is 27.2 Å². The Kier molecular flexibility index (Phi) is 5.75. The molecule has 9 heteroatoms. The maximum atomic E-state index is 13.1. The topological polar surface area (TPSA) is 94.3 Å². The van der Waals surface area contributed by atoms with Gasteiger partial charge in [-0.3, -0.25) is 13.9 Å². The van der Waals surface area contributed by atoms with Gasteiger partial charge in [-0.2, -0.15) is 0 Å². The summed E-state index contributed by atoms with van der Waals surface area (Å²) in [4.78, 5) is 36.3. The minimum Gasteiger partial charge on any atom is -0.438 e. The van der Waals surface area contributed by atoms with E-state index in [2.05, 4.69) is 20.2 Å². The summed E-state index contributed by atoms with van der Waals surface area (Å²) >= 11 is 0. The molecule has 2 aromatic heterocycles. The number of amides is 1. The van der Waals surface area contributed by atoms with E-state index in [9.17, 15) is 9.59 Å². The van der Waals surface area contributed by atoms with Gasteiger partial charge in [-0.25, -0.2) is 14.8 Å². The molecule has 3 heterocycles. The van der Waals surface area contributed by atoms with Crippen LogP contribution in [0, 0.1) is 0 Å². The molecule has 0 bridgehead atoms. The van der Waals surface area contributed by atoms with Crippen molar-refractivity contribution in [2.45, 2.75) is 19.3 Å². The van der Waals surface area contributed by atoms with Crippen LogP contribution in [0.2, 0.25) is 0 Å².